The molecule has 0 aliphatic carbocycles. The number of rotatable bonds is 2. The monoisotopic (exact) mass is 223 g/mol. The van der Waals surface area contributed by atoms with Crippen molar-refractivity contribution in [2.45, 2.75) is 0 Å². The van der Waals surface area contributed by atoms with Gasteiger partial charge in [0.05, 0.1) is 26.9 Å². The highest BCUT2D eigenvalue weighted by Crippen LogP contribution is 2.30. The van der Waals surface area contributed by atoms with Crippen LogP contribution in [0.3, 0.4) is 0 Å². The number of nitrogens with zero attached hydrogens (tertiary/aromatic N) is 3. The van der Waals surface area contributed by atoms with Gasteiger partial charge in [-0.05, 0) is 0 Å². The smallest absolute Gasteiger partial charge is 0.348 e. The molecule has 3 N–H and O–H groups in total. The van der Waals surface area contributed by atoms with Crippen molar-refractivity contribution in [3.8, 4) is 0 Å². The summed E-state index contributed by atoms with van der Waals surface area (Å²) in [5.74, 6) is 0.0461. The number of nitrogen functional groups attached to an aromatic ring is 1. The SMILES string of the molecule is Nc1nc2cc([N+](=O)[O-])c([N+](=O)[O-])cc2[nH]1. The molecule has 82 valence electrons. The third-order valence-electron chi connectivity index (χ3n) is 1.99. The number of nitrogens with two attached hydrogens (primary N) is 1. The van der Waals surface area contributed by atoms with Gasteiger partial charge in [0, 0.05) is 6.07 Å². The molecule has 2 rings (SSSR count). The van der Waals surface area contributed by atoms with Gasteiger partial charge in [-0.3, -0.25) is 20.2 Å². The van der Waals surface area contributed by atoms with Gasteiger partial charge in [-0.15, -0.1) is 0 Å². The molecule has 0 spiro atoms. The summed E-state index contributed by atoms with van der Waals surface area (Å²) in [5.41, 5.74) is 4.64. The fourth-order valence-corrected chi connectivity index (χ4v) is 1.35. The molecule has 1 aromatic carbocycles. The number of benzene rings is 1. The highest BCUT2D eigenvalue weighted by Gasteiger charge is 2.25. The number of hydrogen-bond donors (Lipinski definition) is 2. The van der Waals surface area contributed by atoms with Crippen molar-refractivity contribution in [1.82, 2.24) is 9.97 Å². The van der Waals surface area contributed by atoms with E-state index in [1.165, 1.54) is 0 Å². The van der Waals surface area contributed by atoms with Crippen LogP contribution >= 0.6 is 0 Å². The number of nitrogens with one attached hydrogen (secondary N) is 1. The molecule has 0 bridgehead atoms. The van der Waals surface area contributed by atoms with Crippen molar-refractivity contribution >= 4 is 28.4 Å². The van der Waals surface area contributed by atoms with Gasteiger partial charge in [-0.2, -0.15) is 0 Å². The number of anilines is 1. The molecule has 16 heavy (non-hydrogen) atoms. The minimum Gasteiger partial charge on any atom is -0.369 e. The Morgan fingerprint density at radius 2 is 1.75 bits per heavy atom. The van der Waals surface area contributed by atoms with Crippen molar-refractivity contribution in [1.29, 1.82) is 0 Å². The summed E-state index contributed by atoms with van der Waals surface area (Å²) in [6.45, 7) is 0. The highest BCUT2D eigenvalue weighted by molar-refractivity contribution is 5.84. The van der Waals surface area contributed by atoms with Crippen LogP contribution < -0.4 is 5.73 Å². The van der Waals surface area contributed by atoms with E-state index in [1.54, 1.807) is 0 Å². The van der Waals surface area contributed by atoms with E-state index >= 15 is 0 Å². The first-order valence-corrected chi connectivity index (χ1v) is 4.07. The lowest BCUT2D eigenvalue weighted by Crippen LogP contribution is -1.96. The van der Waals surface area contributed by atoms with Crippen LogP contribution in [0.4, 0.5) is 17.3 Å². The Bertz CT molecular complexity index is 553. The molecule has 0 amide bonds. The summed E-state index contributed by atoms with van der Waals surface area (Å²) in [6.07, 6.45) is 0. The molecular formula is C7H5N5O4. The maximum atomic E-state index is 10.6. The van der Waals surface area contributed by atoms with Gasteiger partial charge in [-0.1, -0.05) is 0 Å². The maximum absolute atomic E-state index is 10.6. The van der Waals surface area contributed by atoms with Crippen LogP contribution in [-0.2, 0) is 0 Å². The Kier molecular flexibility index (Phi) is 1.94. The number of nitro groups is 2. The van der Waals surface area contributed by atoms with E-state index in [0.717, 1.165) is 12.1 Å². The number of hydrogen-bond acceptors (Lipinski definition) is 6. The summed E-state index contributed by atoms with van der Waals surface area (Å²) in [7, 11) is 0. The molecule has 0 unspecified atom stereocenters. The number of aromatic amines is 1. The zero-order chi connectivity index (χ0) is 11.9. The lowest BCUT2D eigenvalue weighted by atomic mass is 10.2. The Morgan fingerprint density at radius 3 is 2.31 bits per heavy atom. The normalized spacial score (nSPS) is 10.5. The summed E-state index contributed by atoms with van der Waals surface area (Å²) in [4.78, 5) is 25.9. The fraction of sp³-hybridized carbons (Fsp3) is 0. The summed E-state index contributed by atoms with van der Waals surface area (Å²) < 4.78 is 0. The van der Waals surface area contributed by atoms with Gasteiger partial charge in [-0.25, -0.2) is 4.98 Å². The highest BCUT2D eigenvalue weighted by atomic mass is 16.6. The van der Waals surface area contributed by atoms with Gasteiger partial charge in [0.25, 0.3) is 0 Å². The van der Waals surface area contributed by atoms with Crippen molar-refractivity contribution in [2.75, 3.05) is 5.73 Å². The van der Waals surface area contributed by atoms with Gasteiger partial charge in [0.15, 0.2) is 5.95 Å². The Balaban J connectivity index is 2.80. The second kappa shape index (κ2) is 3.15. The van der Waals surface area contributed by atoms with Crippen molar-refractivity contribution in [3.05, 3.63) is 32.4 Å². The predicted octanol–water partition coefficient (Wildman–Crippen LogP) is 0.961. The second-order valence-corrected chi connectivity index (χ2v) is 2.99. The topological polar surface area (TPSA) is 141 Å². The molecule has 0 saturated heterocycles. The van der Waals surface area contributed by atoms with E-state index in [1.807, 2.05) is 0 Å². The van der Waals surface area contributed by atoms with Crippen molar-refractivity contribution in [2.24, 2.45) is 0 Å². The minimum atomic E-state index is -0.831. The molecule has 9 heteroatoms. The van der Waals surface area contributed by atoms with E-state index in [-0.39, 0.29) is 17.0 Å². The van der Waals surface area contributed by atoms with Crippen LogP contribution in [0.2, 0.25) is 0 Å². The number of nitro benzene ring substituents is 2. The average Bonchev–Trinajstić information content (AvgIpc) is 2.54. The van der Waals surface area contributed by atoms with Crippen LogP contribution in [-0.4, -0.2) is 19.8 Å². The number of aromatic nitrogens is 2. The maximum Gasteiger partial charge on any atom is 0.348 e. The van der Waals surface area contributed by atoms with E-state index in [4.69, 9.17) is 5.73 Å². The predicted molar refractivity (Wildman–Crippen MR) is 53.8 cm³/mol. The third kappa shape index (κ3) is 1.39. The Morgan fingerprint density at radius 1 is 1.19 bits per heavy atom. The van der Waals surface area contributed by atoms with Crippen LogP contribution in [0.5, 0.6) is 0 Å². The third-order valence-corrected chi connectivity index (χ3v) is 1.99. The van der Waals surface area contributed by atoms with Crippen LogP contribution in [0.25, 0.3) is 11.0 Å². The van der Waals surface area contributed by atoms with Crippen molar-refractivity contribution in [3.63, 3.8) is 0 Å². The van der Waals surface area contributed by atoms with Crippen LogP contribution in [0.15, 0.2) is 12.1 Å². The first kappa shape index (κ1) is 9.83. The molecule has 0 saturated carbocycles. The number of fused-ring (bicyclic) bond motifs is 1. The molecule has 0 radical (unpaired) electrons. The molecule has 0 aliphatic heterocycles. The van der Waals surface area contributed by atoms with Gasteiger partial charge >= 0.3 is 11.4 Å². The first-order valence-electron chi connectivity index (χ1n) is 4.07. The summed E-state index contributed by atoms with van der Waals surface area (Å²) in [5, 5.41) is 21.2. The molecule has 0 aliphatic rings. The van der Waals surface area contributed by atoms with Crippen molar-refractivity contribution < 1.29 is 9.85 Å². The zero-order valence-electron chi connectivity index (χ0n) is 7.71. The number of H-pyrrole nitrogens is 1. The van der Waals surface area contributed by atoms with Gasteiger partial charge in [0.2, 0.25) is 0 Å². The fourth-order valence-electron chi connectivity index (χ4n) is 1.35. The molecule has 0 atom stereocenters. The standard InChI is InChI=1S/C7H5N5O4/c8-7-9-3-1-5(11(13)14)6(12(15)16)2-4(3)10-7/h1-2H,(H3,8,9,10). The summed E-state index contributed by atoms with van der Waals surface area (Å²) in [6, 6.07) is 2.05. The molecule has 2 aromatic rings. The van der Waals surface area contributed by atoms with E-state index in [9.17, 15) is 20.2 Å². The van der Waals surface area contributed by atoms with Gasteiger partial charge < -0.3 is 10.7 Å². The lowest BCUT2D eigenvalue weighted by molar-refractivity contribution is -0.422. The second-order valence-electron chi connectivity index (χ2n) is 2.99. The molecular weight excluding hydrogens is 218 g/mol. The van der Waals surface area contributed by atoms with Crippen LogP contribution in [0.1, 0.15) is 0 Å². The first-order chi connectivity index (χ1) is 7.49. The minimum absolute atomic E-state index is 0.0461. The van der Waals surface area contributed by atoms with E-state index < -0.39 is 21.2 Å². The van der Waals surface area contributed by atoms with E-state index in [2.05, 4.69) is 9.97 Å². The molecule has 1 heterocycles. The Labute approximate surface area is 87.2 Å². The lowest BCUT2D eigenvalue weighted by Gasteiger charge is -1.94. The summed E-state index contributed by atoms with van der Waals surface area (Å²) >= 11 is 0. The van der Waals surface area contributed by atoms with Crippen LogP contribution in [0, 0.1) is 20.2 Å². The quantitative estimate of drug-likeness (QED) is 0.573. The molecule has 1 aromatic heterocycles. The largest absolute Gasteiger partial charge is 0.369 e. The average molecular weight is 223 g/mol. The van der Waals surface area contributed by atoms with E-state index in [0.29, 0.717) is 0 Å². The molecule has 9 nitrogen and oxygen atoms in total. The van der Waals surface area contributed by atoms with Gasteiger partial charge in [0.1, 0.15) is 0 Å². The number of imidazole rings is 1. The zero-order valence-corrected chi connectivity index (χ0v) is 7.71. The Hall–Kier alpha value is -2.71. The molecule has 0 fully saturated rings.